The lowest BCUT2D eigenvalue weighted by molar-refractivity contribution is -0.131. The number of carboxylic acids is 1. The van der Waals surface area contributed by atoms with Crippen molar-refractivity contribution in [2.45, 2.75) is 26.0 Å². The number of hydrogen-bond donors (Lipinski definition) is 1. The van der Waals surface area contributed by atoms with Crippen molar-refractivity contribution in [1.82, 2.24) is 0 Å². The fourth-order valence-electron chi connectivity index (χ4n) is 1.66. The maximum atomic E-state index is 10.6. The first-order valence-corrected chi connectivity index (χ1v) is 7.88. The summed E-state index contributed by atoms with van der Waals surface area (Å²) in [5.74, 6) is 2.54. The second kappa shape index (κ2) is 8.69. The maximum Gasteiger partial charge on any atom is 0.328 e. The van der Waals surface area contributed by atoms with Crippen molar-refractivity contribution in [2.24, 2.45) is 5.92 Å². The van der Waals surface area contributed by atoms with Gasteiger partial charge in [0.2, 0.25) is 0 Å². The van der Waals surface area contributed by atoms with Gasteiger partial charge in [-0.25, -0.2) is 4.79 Å². The van der Waals surface area contributed by atoms with Gasteiger partial charge in [-0.15, -0.1) is 0 Å². The van der Waals surface area contributed by atoms with Crippen LogP contribution in [0.5, 0.6) is 5.75 Å². The van der Waals surface area contributed by atoms with Gasteiger partial charge in [-0.1, -0.05) is 26.3 Å². The zero-order chi connectivity index (χ0) is 15.0. The van der Waals surface area contributed by atoms with Crippen LogP contribution in [0.2, 0.25) is 0 Å². The molecule has 1 unspecified atom stereocenters. The van der Waals surface area contributed by atoms with Gasteiger partial charge in [0, 0.05) is 17.4 Å². The Balaban J connectivity index is 2.73. The average Bonchev–Trinajstić information content (AvgIpc) is 2.45. The Morgan fingerprint density at radius 3 is 2.85 bits per heavy atom. The maximum absolute atomic E-state index is 10.6. The number of thioether (sulfide) groups is 1. The van der Waals surface area contributed by atoms with Crippen molar-refractivity contribution >= 4 is 23.8 Å². The highest BCUT2D eigenvalue weighted by atomic mass is 32.2. The molecule has 0 amide bonds. The molecule has 1 rings (SSSR count). The Labute approximate surface area is 125 Å². The molecule has 0 saturated carbocycles. The lowest BCUT2D eigenvalue weighted by Gasteiger charge is -2.10. The minimum Gasteiger partial charge on any atom is -0.496 e. The zero-order valence-corrected chi connectivity index (χ0v) is 13.1. The molecule has 1 N–H and O–H groups in total. The van der Waals surface area contributed by atoms with Crippen LogP contribution in [0.1, 0.15) is 31.4 Å². The molecule has 0 radical (unpaired) electrons. The Morgan fingerprint density at radius 2 is 2.25 bits per heavy atom. The van der Waals surface area contributed by atoms with Gasteiger partial charge in [-0.3, -0.25) is 0 Å². The standard InChI is InChI=1S/C16H22O3S/c1-4-12(2)10-20-11-13-5-7-15(19-3)14(9-13)6-8-16(17)18/h5-9,12H,4,10-11H2,1-3H3,(H,17,18)/b8-6+. The van der Waals surface area contributed by atoms with Crippen molar-refractivity contribution in [3.63, 3.8) is 0 Å². The fourth-order valence-corrected chi connectivity index (χ4v) is 2.83. The van der Waals surface area contributed by atoms with Gasteiger partial charge >= 0.3 is 5.97 Å². The van der Waals surface area contributed by atoms with Crippen LogP contribution >= 0.6 is 11.8 Å². The third-order valence-electron chi connectivity index (χ3n) is 3.07. The van der Waals surface area contributed by atoms with E-state index in [1.807, 2.05) is 30.0 Å². The molecule has 0 spiro atoms. The molecule has 0 aliphatic carbocycles. The Hall–Kier alpha value is -1.42. The van der Waals surface area contributed by atoms with Crippen LogP contribution in [0.25, 0.3) is 6.08 Å². The van der Waals surface area contributed by atoms with Crippen LogP contribution in [-0.4, -0.2) is 23.9 Å². The highest BCUT2D eigenvalue weighted by Gasteiger charge is 2.04. The first-order valence-electron chi connectivity index (χ1n) is 6.72. The highest BCUT2D eigenvalue weighted by molar-refractivity contribution is 7.98. The number of rotatable bonds is 8. The van der Waals surface area contributed by atoms with E-state index in [0.717, 1.165) is 29.1 Å². The van der Waals surface area contributed by atoms with Crippen LogP contribution in [-0.2, 0) is 10.5 Å². The van der Waals surface area contributed by atoms with Gasteiger partial charge in [0.1, 0.15) is 5.75 Å². The topological polar surface area (TPSA) is 46.5 Å². The quantitative estimate of drug-likeness (QED) is 0.734. The summed E-state index contributed by atoms with van der Waals surface area (Å²) >= 11 is 1.90. The molecule has 0 aliphatic rings. The Kier molecular flexibility index (Phi) is 7.23. The first kappa shape index (κ1) is 16.6. The summed E-state index contributed by atoms with van der Waals surface area (Å²) < 4.78 is 5.24. The van der Waals surface area contributed by atoms with E-state index in [-0.39, 0.29) is 0 Å². The smallest absolute Gasteiger partial charge is 0.328 e. The number of hydrogen-bond acceptors (Lipinski definition) is 3. The van der Waals surface area contributed by atoms with E-state index < -0.39 is 5.97 Å². The normalized spacial score (nSPS) is 12.6. The number of methoxy groups -OCH3 is 1. The average molecular weight is 294 g/mol. The number of benzene rings is 1. The predicted molar refractivity (Wildman–Crippen MR) is 85.3 cm³/mol. The molecule has 0 saturated heterocycles. The summed E-state index contributed by atoms with van der Waals surface area (Å²) in [5, 5.41) is 8.71. The molecular formula is C16H22O3S. The SMILES string of the molecule is CCC(C)CSCc1ccc(OC)c(/C=C/C(=O)O)c1. The molecule has 1 aromatic carbocycles. The molecule has 0 bridgehead atoms. The molecule has 20 heavy (non-hydrogen) atoms. The molecule has 4 heteroatoms. The second-order valence-corrected chi connectivity index (χ2v) is 5.81. The molecule has 0 aliphatic heterocycles. The summed E-state index contributed by atoms with van der Waals surface area (Å²) in [7, 11) is 1.59. The van der Waals surface area contributed by atoms with Crippen LogP contribution in [0.3, 0.4) is 0 Å². The third-order valence-corrected chi connectivity index (χ3v) is 4.41. The minimum absolute atomic E-state index is 0.693. The second-order valence-electron chi connectivity index (χ2n) is 4.78. The molecule has 0 heterocycles. The van der Waals surface area contributed by atoms with Gasteiger partial charge < -0.3 is 9.84 Å². The van der Waals surface area contributed by atoms with E-state index in [9.17, 15) is 4.79 Å². The third kappa shape index (κ3) is 5.70. The van der Waals surface area contributed by atoms with E-state index in [2.05, 4.69) is 13.8 Å². The number of ether oxygens (including phenoxy) is 1. The zero-order valence-electron chi connectivity index (χ0n) is 12.3. The summed E-state index contributed by atoms with van der Waals surface area (Å²) in [6.07, 6.45) is 3.90. The molecule has 110 valence electrons. The summed E-state index contributed by atoms with van der Waals surface area (Å²) in [4.78, 5) is 10.6. The van der Waals surface area contributed by atoms with Crippen molar-refractivity contribution < 1.29 is 14.6 Å². The highest BCUT2D eigenvalue weighted by Crippen LogP contribution is 2.24. The van der Waals surface area contributed by atoms with E-state index in [4.69, 9.17) is 9.84 Å². The van der Waals surface area contributed by atoms with Crippen molar-refractivity contribution in [3.05, 3.63) is 35.4 Å². The lowest BCUT2D eigenvalue weighted by Crippen LogP contribution is -1.96. The van der Waals surface area contributed by atoms with Crippen LogP contribution in [0, 0.1) is 5.92 Å². The molecular weight excluding hydrogens is 272 g/mol. The van der Waals surface area contributed by atoms with Gasteiger partial charge in [0.15, 0.2) is 0 Å². The molecule has 0 aromatic heterocycles. The van der Waals surface area contributed by atoms with E-state index in [1.54, 1.807) is 13.2 Å². The molecule has 1 aromatic rings. The van der Waals surface area contributed by atoms with E-state index in [1.165, 1.54) is 12.0 Å². The van der Waals surface area contributed by atoms with Gasteiger partial charge in [-0.05, 0) is 35.4 Å². The first-order chi connectivity index (χ1) is 9.56. The van der Waals surface area contributed by atoms with Gasteiger partial charge in [0.05, 0.1) is 7.11 Å². The molecule has 1 atom stereocenters. The van der Waals surface area contributed by atoms with Crippen LogP contribution < -0.4 is 4.74 Å². The monoisotopic (exact) mass is 294 g/mol. The minimum atomic E-state index is -0.955. The van der Waals surface area contributed by atoms with Gasteiger partial charge in [-0.2, -0.15) is 11.8 Å². The van der Waals surface area contributed by atoms with Crippen molar-refractivity contribution in [3.8, 4) is 5.75 Å². The summed E-state index contributed by atoms with van der Waals surface area (Å²) in [6, 6.07) is 5.91. The molecule has 3 nitrogen and oxygen atoms in total. The summed E-state index contributed by atoms with van der Waals surface area (Å²) in [6.45, 7) is 4.45. The van der Waals surface area contributed by atoms with Crippen LogP contribution in [0.15, 0.2) is 24.3 Å². The van der Waals surface area contributed by atoms with E-state index in [0.29, 0.717) is 5.75 Å². The largest absolute Gasteiger partial charge is 0.496 e. The van der Waals surface area contributed by atoms with Crippen molar-refractivity contribution in [2.75, 3.05) is 12.9 Å². The van der Waals surface area contributed by atoms with Crippen molar-refractivity contribution in [1.29, 1.82) is 0 Å². The number of carboxylic acid groups (broad SMARTS) is 1. The molecule has 0 fully saturated rings. The number of carbonyl (C=O) groups is 1. The van der Waals surface area contributed by atoms with Crippen LogP contribution in [0.4, 0.5) is 0 Å². The predicted octanol–water partition coefficient (Wildman–Crippen LogP) is 4.07. The number of aliphatic carboxylic acids is 1. The fraction of sp³-hybridized carbons (Fsp3) is 0.438. The Bertz CT molecular complexity index is 469. The van der Waals surface area contributed by atoms with Gasteiger partial charge in [0.25, 0.3) is 0 Å². The lowest BCUT2D eigenvalue weighted by atomic mass is 10.1. The Morgan fingerprint density at radius 1 is 1.50 bits per heavy atom. The van der Waals surface area contributed by atoms with E-state index >= 15 is 0 Å². The summed E-state index contributed by atoms with van der Waals surface area (Å²) in [5.41, 5.74) is 1.99.